The van der Waals surface area contributed by atoms with Crippen LogP contribution in [0.2, 0.25) is 0 Å². The van der Waals surface area contributed by atoms with Crippen LogP contribution < -0.4 is 4.90 Å². The van der Waals surface area contributed by atoms with Crippen molar-refractivity contribution in [3.63, 3.8) is 0 Å². The summed E-state index contributed by atoms with van der Waals surface area (Å²) in [5.41, 5.74) is 2.57. The Balaban J connectivity index is 1.73. The number of carbonyl (C=O) groups excluding carboxylic acids is 1. The zero-order valence-electron chi connectivity index (χ0n) is 13.9. The highest BCUT2D eigenvalue weighted by molar-refractivity contribution is 7.91. The Morgan fingerprint density at radius 1 is 0.962 bits per heavy atom. The third-order valence-corrected chi connectivity index (χ3v) is 7.03. The topological polar surface area (TPSA) is 72.3 Å². The van der Waals surface area contributed by atoms with Crippen LogP contribution in [0.15, 0.2) is 54.6 Å². The number of carbonyl (C=O) groups is 1. The van der Waals surface area contributed by atoms with Crippen molar-refractivity contribution in [2.24, 2.45) is 5.92 Å². The minimum absolute atomic E-state index is 0.0153. The van der Waals surface area contributed by atoms with Gasteiger partial charge in [0.25, 0.3) is 0 Å². The second-order valence-corrected chi connectivity index (χ2v) is 9.10. The summed E-state index contributed by atoms with van der Waals surface area (Å²) in [7, 11) is -3.11. The van der Waals surface area contributed by atoms with Gasteiger partial charge in [0.15, 0.2) is 9.84 Å². The first-order valence-electron chi connectivity index (χ1n) is 8.59. The third kappa shape index (κ3) is 2.27. The number of hydrogen-bond donors (Lipinski definition) is 0. The smallest absolute Gasteiger partial charge is 0.230 e. The van der Waals surface area contributed by atoms with Crippen LogP contribution in [-0.4, -0.2) is 41.4 Å². The number of anilines is 1. The molecule has 0 aliphatic carbocycles. The molecule has 0 saturated carbocycles. The average molecular weight is 367 g/mol. The number of sulfone groups is 1. The Morgan fingerprint density at radius 2 is 1.69 bits per heavy atom. The standard InChI is InChI=1S/C19H17N3O3S/c23-18-10-13-11-26(24,25)12-17(13)22(18)19-20-15-8-4-5-9-16(15)21(19)14-6-2-1-3-7-14/h1-9,13,17H,10-12H2/t13-,17+/m0/s1. The Kier molecular flexibility index (Phi) is 3.24. The lowest BCUT2D eigenvalue weighted by molar-refractivity contribution is -0.117. The molecule has 3 aromatic rings. The van der Waals surface area contributed by atoms with Crippen molar-refractivity contribution >= 4 is 32.7 Å². The molecule has 7 heteroatoms. The van der Waals surface area contributed by atoms with Gasteiger partial charge < -0.3 is 0 Å². The highest BCUT2D eigenvalue weighted by Crippen LogP contribution is 2.38. The molecule has 2 fully saturated rings. The van der Waals surface area contributed by atoms with Crippen molar-refractivity contribution in [2.45, 2.75) is 12.5 Å². The maximum Gasteiger partial charge on any atom is 0.230 e. The maximum absolute atomic E-state index is 12.7. The predicted molar refractivity (Wildman–Crippen MR) is 99.1 cm³/mol. The summed E-state index contributed by atoms with van der Waals surface area (Å²) in [5, 5.41) is 0. The monoisotopic (exact) mass is 367 g/mol. The van der Waals surface area contributed by atoms with E-state index < -0.39 is 9.84 Å². The number of para-hydroxylation sites is 3. The summed E-state index contributed by atoms with van der Waals surface area (Å²) >= 11 is 0. The van der Waals surface area contributed by atoms with Crippen molar-refractivity contribution in [3.05, 3.63) is 54.6 Å². The SMILES string of the molecule is O=C1C[C@H]2CS(=O)(=O)C[C@H]2N1c1nc2ccccc2n1-c1ccccc1. The first-order chi connectivity index (χ1) is 12.5. The quantitative estimate of drug-likeness (QED) is 0.696. The lowest BCUT2D eigenvalue weighted by Gasteiger charge is -2.23. The Hall–Kier alpha value is -2.67. The van der Waals surface area contributed by atoms with Crippen LogP contribution in [0.4, 0.5) is 5.95 Å². The van der Waals surface area contributed by atoms with Crippen LogP contribution in [0.1, 0.15) is 6.42 Å². The number of benzene rings is 2. The van der Waals surface area contributed by atoms with E-state index in [-0.39, 0.29) is 35.8 Å². The van der Waals surface area contributed by atoms with Gasteiger partial charge in [-0.25, -0.2) is 13.4 Å². The van der Waals surface area contributed by atoms with E-state index in [1.807, 2.05) is 59.2 Å². The molecule has 1 aromatic heterocycles. The van der Waals surface area contributed by atoms with Crippen LogP contribution in [-0.2, 0) is 14.6 Å². The fourth-order valence-electron chi connectivity index (χ4n) is 4.16. The number of rotatable bonds is 2. The van der Waals surface area contributed by atoms with E-state index in [9.17, 15) is 13.2 Å². The molecule has 0 bridgehead atoms. The molecule has 0 spiro atoms. The van der Waals surface area contributed by atoms with E-state index in [4.69, 9.17) is 4.98 Å². The molecule has 0 unspecified atom stereocenters. The van der Waals surface area contributed by atoms with Gasteiger partial charge in [0, 0.05) is 18.0 Å². The zero-order valence-corrected chi connectivity index (χ0v) is 14.8. The van der Waals surface area contributed by atoms with Crippen LogP contribution in [0.25, 0.3) is 16.7 Å². The number of nitrogens with zero attached hydrogens (tertiary/aromatic N) is 3. The molecule has 2 aliphatic rings. The van der Waals surface area contributed by atoms with Gasteiger partial charge in [-0.3, -0.25) is 14.3 Å². The summed E-state index contributed by atoms with van der Waals surface area (Å²) < 4.78 is 26.1. The molecule has 3 heterocycles. The van der Waals surface area contributed by atoms with Gasteiger partial charge in [-0.15, -0.1) is 0 Å². The van der Waals surface area contributed by atoms with Crippen molar-refractivity contribution in [3.8, 4) is 5.69 Å². The Labute approximate surface area is 151 Å². The van der Waals surface area contributed by atoms with Gasteiger partial charge in [0.1, 0.15) is 0 Å². The normalized spacial score (nSPS) is 24.3. The molecule has 0 N–H and O–H groups in total. The summed E-state index contributed by atoms with van der Waals surface area (Å²) in [5.74, 6) is 0.415. The first-order valence-corrected chi connectivity index (χ1v) is 10.4. The molecular weight excluding hydrogens is 350 g/mol. The highest BCUT2D eigenvalue weighted by atomic mass is 32.2. The fourth-order valence-corrected chi connectivity index (χ4v) is 6.23. The Morgan fingerprint density at radius 3 is 2.50 bits per heavy atom. The molecule has 26 heavy (non-hydrogen) atoms. The molecule has 2 saturated heterocycles. The molecular formula is C19H17N3O3S. The van der Waals surface area contributed by atoms with E-state index >= 15 is 0 Å². The maximum atomic E-state index is 12.7. The number of amides is 1. The van der Waals surface area contributed by atoms with Crippen molar-refractivity contribution < 1.29 is 13.2 Å². The van der Waals surface area contributed by atoms with E-state index in [2.05, 4.69) is 0 Å². The fraction of sp³-hybridized carbons (Fsp3) is 0.263. The van der Waals surface area contributed by atoms with Crippen LogP contribution in [0.5, 0.6) is 0 Å². The van der Waals surface area contributed by atoms with E-state index in [0.29, 0.717) is 5.95 Å². The molecule has 0 radical (unpaired) electrons. The number of fused-ring (bicyclic) bond motifs is 2. The predicted octanol–water partition coefficient (Wildman–Crippen LogP) is 2.18. The minimum atomic E-state index is -3.11. The largest absolute Gasteiger partial charge is 0.278 e. The Bertz CT molecular complexity index is 1120. The molecule has 6 nitrogen and oxygen atoms in total. The van der Waals surface area contributed by atoms with E-state index in [1.54, 1.807) is 4.90 Å². The minimum Gasteiger partial charge on any atom is -0.278 e. The molecule has 132 valence electrons. The van der Waals surface area contributed by atoms with Gasteiger partial charge in [0.05, 0.1) is 28.6 Å². The highest BCUT2D eigenvalue weighted by Gasteiger charge is 2.50. The summed E-state index contributed by atoms with van der Waals surface area (Å²) in [6.45, 7) is 0. The van der Waals surface area contributed by atoms with Crippen LogP contribution in [0.3, 0.4) is 0 Å². The van der Waals surface area contributed by atoms with Crippen molar-refractivity contribution in [1.82, 2.24) is 9.55 Å². The van der Waals surface area contributed by atoms with Crippen LogP contribution >= 0.6 is 0 Å². The third-order valence-electron chi connectivity index (χ3n) is 5.25. The molecule has 2 atom stereocenters. The van der Waals surface area contributed by atoms with E-state index in [1.165, 1.54) is 0 Å². The van der Waals surface area contributed by atoms with Gasteiger partial charge in [-0.05, 0) is 24.3 Å². The lowest BCUT2D eigenvalue weighted by Crippen LogP contribution is -2.38. The zero-order chi connectivity index (χ0) is 17.9. The van der Waals surface area contributed by atoms with Gasteiger partial charge >= 0.3 is 0 Å². The molecule has 2 aliphatic heterocycles. The summed E-state index contributed by atoms with van der Waals surface area (Å²) in [6.07, 6.45) is 0.266. The second-order valence-electron chi connectivity index (χ2n) is 6.94. The molecule has 5 rings (SSSR count). The number of aromatic nitrogens is 2. The summed E-state index contributed by atoms with van der Waals surface area (Å²) in [6, 6.07) is 17.1. The van der Waals surface area contributed by atoms with Gasteiger partial charge in [-0.1, -0.05) is 30.3 Å². The lowest BCUT2D eigenvalue weighted by atomic mass is 10.1. The number of hydrogen-bond acceptors (Lipinski definition) is 4. The van der Waals surface area contributed by atoms with Crippen molar-refractivity contribution in [2.75, 3.05) is 16.4 Å². The molecule has 2 aromatic carbocycles. The number of imidazole rings is 1. The second kappa shape index (κ2) is 5.41. The summed E-state index contributed by atoms with van der Waals surface area (Å²) in [4.78, 5) is 19.1. The van der Waals surface area contributed by atoms with Gasteiger partial charge in [0.2, 0.25) is 11.9 Å². The van der Waals surface area contributed by atoms with Crippen molar-refractivity contribution in [1.29, 1.82) is 0 Å². The first kappa shape index (κ1) is 15.6. The molecule has 1 amide bonds. The van der Waals surface area contributed by atoms with Crippen LogP contribution in [0, 0.1) is 5.92 Å². The average Bonchev–Trinajstić information content (AvgIpc) is 3.21. The van der Waals surface area contributed by atoms with E-state index in [0.717, 1.165) is 16.7 Å². The van der Waals surface area contributed by atoms with Gasteiger partial charge in [-0.2, -0.15) is 0 Å².